The third-order valence-electron chi connectivity index (χ3n) is 2.36. The molecule has 1 N–H and O–H groups in total. The SMILES string of the molecule is CCOC(=O)C(C)(NC(=O)CCOCC(F)F)C(F)(F)F. The Hall–Kier alpha value is -1.45. The summed E-state index contributed by atoms with van der Waals surface area (Å²) in [5, 5.41) is 1.50. The van der Waals surface area contributed by atoms with Crippen molar-refractivity contribution >= 4 is 11.9 Å². The van der Waals surface area contributed by atoms with Gasteiger partial charge in [-0.25, -0.2) is 13.6 Å². The van der Waals surface area contributed by atoms with Crippen LogP contribution in [-0.4, -0.2) is 49.8 Å². The fourth-order valence-electron chi connectivity index (χ4n) is 1.19. The smallest absolute Gasteiger partial charge is 0.422 e. The Bertz CT molecular complexity index is 361. The fourth-order valence-corrected chi connectivity index (χ4v) is 1.19. The standard InChI is InChI=1S/C11H16F5NO4/c1-3-21-9(19)10(2,11(14,15)16)17-8(18)4-5-20-6-7(12)13/h7H,3-6H2,1-2H3,(H,17,18). The van der Waals surface area contributed by atoms with Gasteiger partial charge in [-0.15, -0.1) is 0 Å². The number of carbonyl (C=O) groups excluding carboxylic acids is 2. The molecule has 0 bridgehead atoms. The van der Waals surface area contributed by atoms with Gasteiger partial charge in [0.25, 0.3) is 6.43 Å². The largest absolute Gasteiger partial charge is 0.464 e. The molecule has 0 fully saturated rings. The number of halogens is 5. The van der Waals surface area contributed by atoms with Crippen molar-refractivity contribution in [2.24, 2.45) is 0 Å². The molecule has 1 unspecified atom stereocenters. The van der Waals surface area contributed by atoms with Crippen LogP contribution in [0.2, 0.25) is 0 Å². The Kier molecular flexibility index (Phi) is 7.55. The second-order valence-electron chi connectivity index (χ2n) is 4.11. The van der Waals surface area contributed by atoms with E-state index >= 15 is 0 Å². The Morgan fingerprint density at radius 3 is 2.24 bits per heavy atom. The highest BCUT2D eigenvalue weighted by Crippen LogP contribution is 2.31. The molecule has 1 atom stereocenters. The molecule has 0 rings (SSSR count). The van der Waals surface area contributed by atoms with E-state index in [0.717, 1.165) is 0 Å². The van der Waals surface area contributed by atoms with Crippen molar-refractivity contribution in [1.29, 1.82) is 0 Å². The topological polar surface area (TPSA) is 64.6 Å². The van der Waals surface area contributed by atoms with Gasteiger partial charge >= 0.3 is 12.1 Å². The van der Waals surface area contributed by atoms with E-state index in [9.17, 15) is 31.5 Å². The van der Waals surface area contributed by atoms with Crippen molar-refractivity contribution in [1.82, 2.24) is 5.32 Å². The van der Waals surface area contributed by atoms with Gasteiger partial charge in [-0.2, -0.15) is 13.2 Å². The summed E-state index contributed by atoms with van der Waals surface area (Å²) in [5.74, 6) is -2.82. The van der Waals surface area contributed by atoms with Crippen molar-refractivity contribution in [3.63, 3.8) is 0 Å². The monoisotopic (exact) mass is 321 g/mol. The Labute approximate surface area is 117 Å². The maximum Gasteiger partial charge on any atom is 0.422 e. The van der Waals surface area contributed by atoms with Gasteiger partial charge in [-0.3, -0.25) is 4.79 Å². The van der Waals surface area contributed by atoms with Crippen LogP contribution >= 0.6 is 0 Å². The summed E-state index contributed by atoms with van der Waals surface area (Å²) in [6, 6.07) is 0. The molecular weight excluding hydrogens is 305 g/mol. The first-order chi connectivity index (χ1) is 9.54. The summed E-state index contributed by atoms with van der Waals surface area (Å²) in [6.45, 7) is 0.0596. The van der Waals surface area contributed by atoms with E-state index in [2.05, 4.69) is 9.47 Å². The molecule has 0 aromatic heterocycles. The predicted octanol–water partition coefficient (Wildman–Crippen LogP) is 1.66. The zero-order valence-electron chi connectivity index (χ0n) is 11.4. The lowest BCUT2D eigenvalue weighted by molar-refractivity contribution is -0.210. The summed E-state index contributed by atoms with van der Waals surface area (Å²) in [5.41, 5.74) is -3.21. The van der Waals surface area contributed by atoms with E-state index < -0.39 is 49.7 Å². The van der Waals surface area contributed by atoms with E-state index in [0.29, 0.717) is 6.92 Å². The normalized spacial score (nSPS) is 14.7. The van der Waals surface area contributed by atoms with Crippen LogP contribution in [0, 0.1) is 0 Å². The lowest BCUT2D eigenvalue weighted by atomic mass is 10.0. The number of ether oxygens (including phenoxy) is 2. The summed E-state index contributed by atoms with van der Waals surface area (Å²) < 4.78 is 70.8. The van der Waals surface area contributed by atoms with Crippen LogP contribution in [-0.2, 0) is 19.1 Å². The zero-order chi connectivity index (χ0) is 16.7. The molecule has 0 spiro atoms. The van der Waals surface area contributed by atoms with Gasteiger partial charge in [0.15, 0.2) is 0 Å². The van der Waals surface area contributed by atoms with Gasteiger partial charge in [-0.1, -0.05) is 0 Å². The number of rotatable bonds is 8. The van der Waals surface area contributed by atoms with Gasteiger partial charge in [0.2, 0.25) is 11.4 Å². The van der Waals surface area contributed by atoms with Crippen molar-refractivity contribution in [3.05, 3.63) is 0 Å². The maximum atomic E-state index is 12.9. The van der Waals surface area contributed by atoms with E-state index in [4.69, 9.17) is 0 Å². The van der Waals surface area contributed by atoms with Gasteiger partial charge < -0.3 is 14.8 Å². The number of carbonyl (C=O) groups is 2. The van der Waals surface area contributed by atoms with Crippen LogP contribution in [0.25, 0.3) is 0 Å². The molecule has 0 aliphatic rings. The fraction of sp³-hybridized carbons (Fsp3) is 0.818. The summed E-state index contributed by atoms with van der Waals surface area (Å²) in [4.78, 5) is 22.8. The number of alkyl halides is 5. The van der Waals surface area contributed by atoms with Gasteiger partial charge in [0.05, 0.1) is 13.2 Å². The molecule has 10 heteroatoms. The van der Waals surface area contributed by atoms with Gasteiger partial charge in [0.1, 0.15) is 6.61 Å². The first kappa shape index (κ1) is 19.6. The van der Waals surface area contributed by atoms with Crippen LogP contribution in [0.1, 0.15) is 20.3 Å². The summed E-state index contributed by atoms with van der Waals surface area (Å²) in [6.07, 6.45) is -8.41. The number of hydrogen-bond acceptors (Lipinski definition) is 4. The molecule has 0 aliphatic heterocycles. The predicted molar refractivity (Wildman–Crippen MR) is 60.7 cm³/mol. The molecule has 1 amide bonds. The van der Waals surface area contributed by atoms with E-state index in [1.165, 1.54) is 12.2 Å². The number of esters is 1. The number of amides is 1. The molecule has 21 heavy (non-hydrogen) atoms. The number of hydrogen-bond donors (Lipinski definition) is 1. The second kappa shape index (κ2) is 8.11. The van der Waals surface area contributed by atoms with Crippen molar-refractivity contribution in [2.45, 2.75) is 38.4 Å². The average Bonchev–Trinajstić information content (AvgIpc) is 2.33. The minimum Gasteiger partial charge on any atom is -0.464 e. The lowest BCUT2D eigenvalue weighted by Gasteiger charge is -2.30. The van der Waals surface area contributed by atoms with Crippen molar-refractivity contribution < 1.29 is 41.0 Å². The summed E-state index contributed by atoms with van der Waals surface area (Å²) in [7, 11) is 0. The molecule has 0 aliphatic carbocycles. The Balaban J connectivity index is 4.62. The average molecular weight is 321 g/mol. The highest BCUT2D eigenvalue weighted by Gasteiger charge is 2.59. The molecular formula is C11H16F5NO4. The molecule has 124 valence electrons. The van der Waals surface area contributed by atoms with E-state index in [-0.39, 0.29) is 6.61 Å². The van der Waals surface area contributed by atoms with E-state index in [1.807, 2.05) is 0 Å². The molecule has 0 aromatic carbocycles. The van der Waals surface area contributed by atoms with Crippen LogP contribution in [0.5, 0.6) is 0 Å². The minimum absolute atomic E-state index is 0.294. The molecule has 0 saturated heterocycles. The van der Waals surface area contributed by atoms with Crippen LogP contribution in [0.3, 0.4) is 0 Å². The molecule has 0 aromatic rings. The minimum atomic E-state index is -5.07. The first-order valence-corrected chi connectivity index (χ1v) is 5.95. The lowest BCUT2D eigenvalue weighted by Crippen LogP contribution is -2.62. The maximum absolute atomic E-state index is 12.9. The highest BCUT2D eigenvalue weighted by atomic mass is 19.4. The quantitative estimate of drug-likeness (QED) is 0.419. The first-order valence-electron chi connectivity index (χ1n) is 5.95. The summed E-state index contributed by atoms with van der Waals surface area (Å²) >= 11 is 0. The van der Waals surface area contributed by atoms with Gasteiger partial charge in [0, 0.05) is 6.42 Å². The van der Waals surface area contributed by atoms with Gasteiger partial charge in [-0.05, 0) is 13.8 Å². The third kappa shape index (κ3) is 6.23. The second-order valence-corrected chi connectivity index (χ2v) is 4.11. The van der Waals surface area contributed by atoms with Crippen molar-refractivity contribution in [3.8, 4) is 0 Å². The van der Waals surface area contributed by atoms with E-state index in [1.54, 1.807) is 0 Å². The van der Waals surface area contributed by atoms with Crippen LogP contribution in [0.4, 0.5) is 22.0 Å². The molecule has 0 radical (unpaired) electrons. The highest BCUT2D eigenvalue weighted by molar-refractivity contribution is 5.88. The van der Waals surface area contributed by atoms with Crippen molar-refractivity contribution in [2.75, 3.05) is 19.8 Å². The van der Waals surface area contributed by atoms with Crippen LogP contribution < -0.4 is 5.32 Å². The zero-order valence-corrected chi connectivity index (χ0v) is 11.4. The molecule has 5 nitrogen and oxygen atoms in total. The Morgan fingerprint density at radius 1 is 1.24 bits per heavy atom. The third-order valence-corrected chi connectivity index (χ3v) is 2.36. The number of nitrogens with one attached hydrogen (secondary N) is 1. The molecule has 0 heterocycles. The molecule has 0 saturated carbocycles. The van der Waals surface area contributed by atoms with Crippen LogP contribution in [0.15, 0.2) is 0 Å². The Morgan fingerprint density at radius 2 is 1.81 bits per heavy atom.